The van der Waals surface area contributed by atoms with Gasteiger partial charge in [-0.25, -0.2) is 0 Å². The van der Waals surface area contributed by atoms with Crippen molar-refractivity contribution in [2.24, 2.45) is 5.41 Å². The van der Waals surface area contributed by atoms with E-state index in [0.29, 0.717) is 24.2 Å². The van der Waals surface area contributed by atoms with E-state index in [1.807, 2.05) is 0 Å². The Labute approximate surface area is 118 Å². The summed E-state index contributed by atoms with van der Waals surface area (Å²) in [5, 5.41) is 12.5. The molecule has 2 N–H and O–H groups in total. The highest BCUT2D eigenvalue weighted by atomic mass is 16.5. The van der Waals surface area contributed by atoms with Crippen LogP contribution in [0.5, 0.6) is 0 Å². The van der Waals surface area contributed by atoms with Crippen molar-refractivity contribution in [1.82, 2.24) is 5.32 Å². The van der Waals surface area contributed by atoms with Gasteiger partial charge in [-0.3, -0.25) is 0 Å². The van der Waals surface area contributed by atoms with Gasteiger partial charge in [0, 0.05) is 24.7 Å². The van der Waals surface area contributed by atoms with Gasteiger partial charge in [-0.15, -0.1) is 0 Å². The van der Waals surface area contributed by atoms with E-state index in [0.717, 1.165) is 26.0 Å². The lowest BCUT2D eigenvalue weighted by Gasteiger charge is -2.54. The van der Waals surface area contributed by atoms with Gasteiger partial charge in [0.05, 0.1) is 6.10 Å². The highest BCUT2D eigenvalue weighted by molar-refractivity contribution is 5.09. The Bertz CT molecular complexity index is 251. The van der Waals surface area contributed by atoms with Crippen LogP contribution in [-0.2, 0) is 4.74 Å². The van der Waals surface area contributed by atoms with Crippen molar-refractivity contribution in [3.63, 3.8) is 0 Å². The number of hydrogen-bond donors (Lipinski definition) is 2. The smallest absolute Gasteiger partial charge is 0.0661 e. The van der Waals surface area contributed by atoms with Crippen LogP contribution < -0.4 is 5.32 Å². The quantitative estimate of drug-likeness (QED) is 0.632. The fraction of sp³-hybridized carbons (Fsp3) is 1.00. The van der Waals surface area contributed by atoms with Gasteiger partial charge < -0.3 is 15.2 Å². The second-order valence-corrected chi connectivity index (χ2v) is 6.26. The Morgan fingerprint density at radius 1 is 1.16 bits per heavy atom. The molecule has 2 fully saturated rings. The van der Waals surface area contributed by atoms with Crippen molar-refractivity contribution in [1.29, 1.82) is 0 Å². The minimum atomic E-state index is 0.342. The van der Waals surface area contributed by atoms with Crippen molar-refractivity contribution >= 4 is 0 Å². The topological polar surface area (TPSA) is 41.5 Å². The molecule has 0 aromatic rings. The second kappa shape index (κ2) is 7.61. The number of nitrogens with one attached hydrogen (secondary N) is 1. The van der Waals surface area contributed by atoms with E-state index in [1.54, 1.807) is 0 Å². The summed E-state index contributed by atoms with van der Waals surface area (Å²) in [5.74, 6) is 0. The fourth-order valence-corrected chi connectivity index (χ4v) is 4.04. The Balaban J connectivity index is 1.66. The van der Waals surface area contributed by atoms with Gasteiger partial charge in [-0.2, -0.15) is 0 Å². The zero-order chi connectivity index (χ0) is 13.6. The summed E-state index contributed by atoms with van der Waals surface area (Å²) >= 11 is 0. The van der Waals surface area contributed by atoms with Gasteiger partial charge in [-0.1, -0.05) is 25.7 Å². The van der Waals surface area contributed by atoms with Gasteiger partial charge >= 0.3 is 0 Å². The molecular formula is C16H31NO2. The zero-order valence-corrected chi connectivity index (χ0v) is 12.5. The van der Waals surface area contributed by atoms with Crippen LogP contribution >= 0.6 is 0 Å². The molecule has 1 spiro atoms. The fourth-order valence-electron chi connectivity index (χ4n) is 4.04. The molecule has 2 aliphatic rings. The molecule has 2 saturated carbocycles. The van der Waals surface area contributed by atoms with Crippen molar-refractivity contribution in [3.8, 4) is 0 Å². The summed E-state index contributed by atoms with van der Waals surface area (Å²) in [4.78, 5) is 0. The Hall–Kier alpha value is -0.120. The molecule has 0 saturated heterocycles. The van der Waals surface area contributed by atoms with Crippen LogP contribution in [0.25, 0.3) is 0 Å². The number of rotatable bonds is 9. The molecule has 3 heteroatoms. The SMILES string of the molecule is CCOC1CC(NCCCCCCO)C12CCCC2. The average molecular weight is 269 g/mol. The van der Waals surface area contributed by atoms with E-state index < -0.39 is 0 Å². The van der Waals surface area contributed by atoms with E-state index in [2.05, 4.69) is 12.2 Å². The molecule has 0 amide bonds. The van der Waals surface area contributed by atoms with E-state index in [-0.39, 0.29) is 0 Å². The number of unbranched alkanes of at least 4 members (excludes halogenated alkanes) is 3. The van der Waals surface area contributed by atoms with E-state index in [9.17, 15) is 0 Å². The van der Waals surface area contributed by atoms with Crippen LogP contribution in [0.1, 0.15) is 64.7 Å². The Morgan fingerprint density at radius 3 is 2.58 bits per heavy atom. The standard InChI is InChI=1S/C16H31NO2/c1-2-19-15-13-14(16(15)9-5-6-10-16)17-11-7-3-4-8-12-18/h14-15,17-18H,2-13H2,1H3. The van der Waals surface area contributed by atoms with Gasteiger partial charge in [0.1, 0.15) is 0 Å². The molecule has 19 heavy (non-hydrogen) atoms. The van der Waals surface area contributed by atoms with Crippen molar-refractivity contribution in [2.75, 3.05) is 19.8 Å². The predicted octanol–water partition coefficient (Wildman–Crippen LogP) is 2.87. The lowest BCUT2D eigenvalue weighted by molar-refractivity contribution is -0.130. The summed E-state index contributed by atoms with van der Waals surface area (Å²) in [7, 11) is 0. The third-order valence-electron chi connectivity index (χ3n) is 5.16. The molecule has 2 aliphatic carbocycles. The van der Waals surface area contributed by atoms with Crippen LogP contribution in [-0.4, -0.2) is 37.0 Å². The molecule has 0 aromatic carbocycles. The van der Waals surface area contributed by atoms with Crippen molar-refractivity contribution in [2.45, 2.75) is 76.9 Å². The van der Waals surface area contributed by atoms with Crippen LogP contribution in [0.4, 0.5) is 0 Å². The second-order valence-electron chi connectivity index (χ2n) is 6.26. The molecule has 2 rings (SSSR count). The summed E-state index contributed by atoms with van der Waals surface area (Å²) in [5.41, 5.74) is 0.473. The molecule has 3 nitrogen and oxygen atoms in total. The molecule has 112 valence electrons. The molecule has 0 heterocycles. The molecule has 0 bridgehead atoms. The maximum absolute atomic E-state index is 8.75. The third-order valence-corrected chi connectivity index (χ3v) is 5.16. The lowest BCUT2D eigenvalue weighted by Crippen LogP contribution is -2.62. The first kappa shape index (κ1) is 15.3. The van der Waals surface area contributed by atoms with E-state index in [1.165, 1.54) is 44.9 Å². The normalized spacial score (nSPS) is 28.7. The summed E-state index contributed by atoms with van der Waals surface area (Å²) in [6.07, 6.45) is 11.8. The molecule has 0 radical (unpaired) electrons. The first-order chi connectivity index (χ1) is 9.33. The van der Waals surface area contributed by atoms with Crippen molar-refractivity contribution < 1.29 is 9.84 Å². The van der Waals surface area contributed by atoms with Crippen LogP contribution in [0.2, 0.25) is 0 Å². The van der Waals surface area contributed by atoms with Crippen LogP contribution in [0.3, 0.4) is 0 Å². The summed E-state index contributed by atoms with van der Waals surface area (Å²) < 4.78 is 5.94. The van der Waals surface area contributed by atoms with Gasteiger partial charge in [0.2, 0.25) is 0 Å². The molecule has 2 atom stereocenters. The molecule has 0 aromatic heterocycles. The first-order valence-electron chi connectivity index (χ1n) is 8.29. The maximum Gasteiger partial charge on any atom is 0.0661 e. The third kappa shape index (κ3) is 3.50. The largest absolute Gasteiger partial charge is 0.396 e. The minimum Gasteiger partial charge on any atom is -0.396 e. The van der Waals surface area contributed by atoms with E-state index >= 15 is 0 Å². The van der Waals surface area contributed by atoms with Crippen LogP contribution in [0.15, 0.2) is 0 Å². The maximum atomic E-state index is 8.75. The zero-order valence-electron chi connectivity index (χ0n) is 12.5. The average Bonchev–Trinajstić information content (AvgIpc) is 2.92. The summed E-state index contributed by atoms with van der Waals surface area (Å²) in [6, 6.07) is 0.699. The van der Waals surface area contributed by atoms with Gasteiger partial charge in [0.25, 0.3) is 0 Å². The van der Waals surface area contributed by atoms with Crippen molar-refractivity contribution in [3.05, 3.63) is 0 Å². The number of hydrogen-bond acceptors (Lipinski definition) is 3. The number of aliphatic hydroxyl groups excluding tert-OH is 1. The lowest BCUT2D eigenvalue weighted by atomic mass is 9.60. The molecular weight excluding hydrogens is 238 g/mol. The van der Waals surface area contributed by atoms with Gasteiger partial charge in [-0.05, 0) is 45.6 Å². The number of aliphatic hydroxyl groups is 1. The van der Waals surface area contributed by atoms with E-state index in [4.69, 9.17) is 9.84 Å². The highest BCUT2D eigenvalue weighted by Crippen LogP contribution is 2.54. The number of ether oxygens (including phenoxy) is 1. The highest BCUT2D eigenvalue weighted by Gasteiger charge is 2.56. The predicted molar refractivity (Wildman–Crippen MR) is 78.3 cm³/mol. The van der Waals surface area contributed by atoms with Crippen LogP contribution in [0, 0.1) is 5.41 Å². The first-order valence-corrected chi connectivity index (χ1v) is 8.29. The Kier molecular flexibility index (Phi) is 6.11. The monoisotopic (exact) mass is 269 g/mol. The minimum absolute atomic E-state index is 0.342. The van der Waals surface area contributed by atoms with Gasteiger partial charge in [0.15, 0.2) is 0 Å². The molecule has 2 unspecified atom stereocenters. The molecule has 0 aliphatic heterocycles. The Morgan fingerprint density at radius 2 is 1.89 bits per heavy atom. The summed E-state index contributed by atoms with van der Waals surface area (Å²) in [6.45, 7) is 4.46.